The minimum atomic E-state index is -0.840. The number of amides is 2. The van der Waals surface area contributed by atoms with Crippen molar-refractivity contribution in [3.8, 4) is 11.5 Å². The Labute approximate surface area is 187 Å². The lowest BCUT2D eigenvalue weighted by Gasteiger charge is -2.27. The van der Waals surface area contributed by atoms with Gasteiger partial charge in [0.15, 0.2) is 11.5 Å². The lowest BCUT2D eigenvalue weighted by Crippen LogP contribution is -2.48. The summed E-state index contributed by atoms with van der Waals surface area (Å²) in [5, 5.41) is 5.61. The molecule has 0 spiro atoms. The van der Waals surface area contributed by atoms with E-state index in [2.05, 4.69) is 44.4 Å². The number of rotatable bonds is 9. The van der Waals surface area contributed by atoms with Crippen LogP contribution in [0.5, 0.6) is 11.5 Å². The number of methoxy groups -OCH3 is 2. The summed E-state index contributed by atoms with van der Waals surface area (Å²) in [7, 11) is 2.30. The maximum atomic E-state index is 12.8. The molecule has 0 radical (unpaired) electrons. The summed E-state index contributed by atoms with van der Waals surface area (Å²) in [5.74, 6) is 1.82. The highest BCUT2D eigenvalue weighted by molar-refractivity contribution is 14.2. The molecule has 0 heterocycles. The van der Waals surface area contributed by atoms with Crippen LogP contribution in [-0.4, -0.2) is 56.1 Å². The van der Waals surface area contributed by atoms with Crippen LogP contribution in [0.25, 0.3) is 0 Å². The number of hydrogen-bond donors (Lipinski definition) is 2. The first-order chi connectivity index (χ1) is 13.3. The molecule has 29 heavy (non-hydrogen) atoms. The Balaban J connectivity index is 2.81. The van der Waals surface area contributed by atoms with Crippen molar-refractivity contribution >= 4 is 40.4 Å². The molecule has 0 bridgehead atoms. The molecule has 0 aliphatic rings. The molecule has 1 atom stereocenters. The van der Waals surface area contributed by atoms with Crippen LogP contribution in [0.3, 0.4) is 0 Å². The van der Waals surface area contributed by atoms with E-state index in [4.69, 9.17) is 14.2 Å². The first-order valence-electron chi connectivity index (χ1n) is 9.23. The molecular weight excluding hydrogens is 507 g/mol. The predicted octanol–water partition coefficient (Wildman–Crippen LogP) is 4.02. The number of halogens is 1. The third-order valence-corrected chi connectivity index (χ3v) is 6.34. The van der Waals surface area contributed by atoms with E-state index in [0.29, 0.717) is 24.5 Å². The quantitative estimate of drug-likeness (QED) is 0.463. The third kappa shape index (κ3) is 10.3. The largest absolute Gasteiger partial charge is 0.493 e. The number of benzene rings is 1. The van der Waals surface area contributed by atoms with Crippen LogP contribution in [-0.2, 0) is 16.1 Å². The zero-order chi connectivity index (χ0) is 22.2. The molecule has 0 aliphatic carbocycles. The molecule has 0 fully saturated rings. The van der Waals surface area contributed by atoms with Gasteiger partial charge in [0.1, 0.15) is 11.6 Å². The fourth-order valence-corrected chi connectivity index (χ4v) is 3.98. The molecule has 0 aliphatic heterocycles. The van der Waals surface area contributed by atoms with Crippen molar-refractivity contribution in [3.63, 3.8) is 0 Å². The lowest BCUT2D eigenvalue weighted by molar-refractivity contribution is -0.123. The average molecular weight is 540 g/mol. The van der Waals surface area contributed by atoms with E-state index in [0.717, 1.165) is 11.3 Å². The van der Waals surface area contributed by atoms with Gasteiger partial charge in [0.2, 0.25) is 5.91 Å². The van der Waals surface area contributed by atoms with Gasteiger partial charge in [0.05, 0.1) is 14.2 Å². The summed E-state index contributed by atoms with van der Waals surface area (Å²) >= 11 is 2.42. The maximum Gasteiger partial charge on any atom is 0.408 e. The van der Waals surface area contributed by atoms with Crippen molar-refractivity contribution in [1.29, 1.82) is 0 Å². The first kappa shape index (κ1) is 25.7. The van der Waals surface area contributed by atoms with Crippen molar-refractivity contribution in [2.45, 2.75) is 45.4 Å². The molecule has 9 heteroatoms. The average Bonchev–Trinajstić information content (AvgIpc) is 2.60. The first-order valence-corrected chi connectivity index (χ1v) is 14.4. The Morgan fingerprint density at radius 1 is 1.14 bits per heavy atom. The Hall–Kier alpha value is -1.36. The van der Waals surface area contributed by atoms with Gasteiger partial charge < -0.3 is 24.8 Å². The van der Waals surface area contributed by atoms with E-state index in [-0.39, 0.29) is 5.91 Å². The highest BCUT2D eigenvalue weighted by Gasteiger charge is 2.25. The molecule has 7 nitrogen and oxygen atoms in total. The molecule has 1 aromatic carbocycles. The van der Waals surface area contributed by atoms with Crippen LogP contribution in [0, 0.1) is 0 Å². The summed E-state index contributed by atoms with van der Waals surface area (Å²) in [6, 6.07) is 4.80. The Morgan fingerprint density at radius 2 is 1.76 bits per heavy atom. The molecule has 0 aromatic heterocycles. The summed E-state index contributed by atoms with van der Waals surface area (Å²) in [5.41, 5.74) is 0.241. The highest BCUT2D eigenvalue weighted by Crippen LogP contribution is 2.49. The van der Waals surface area contributed by atoms with Crippen molar-refractivity contribution < 1.29 is 23.8 Å². The van der Waals surface area contributed by atoms with Crippen molar-refractivity contribution in [1.82, 2.24) is 10.6 Å². The van der Waals surface area contributed by atoms with Crippen LogP contribution in [0.2, 0.25) is 0 Å². The Kier molecular flexibility index (Phi) is 9.87. The van der Waals surface area contributed by atoms with Crippen LogP contribution in [0.4, 0.5) is 4.79 Å². The van der Waals surface area contributed by atoms with E-state index >= 15 is 0 Å². The van der Waals surface area contributed by atoms with E-state index in [9.17, 15) is 9.59 Å². The molecule has 0 unspecified atom stereocenters. The number of ether oxygens (including phenoxy) is 3. The number of carbonyl (C=O) groups is 2. The number of carbonyl (C=O) groups excluding carboxylic acids is 2. The van der Waals surface area contributed by atoms with E-state index in [1.807, 2.05) is 12.1 Å². The van der Waals surface area contributed by atoms with Gasteiger partial charge in [-0.05, 0) is 84.4 Å². The van der Waals surface area contributed by atoms with E-state index < -0.39 is 24.9 Å². The standard InChI is InChI=1S/C20H33IN2O5S/c1-20(2,3)28-19(25)23-15(10-11-29(6,7)21)18(24)22-13-14-8-9-16(26-4)17(12-14)27-5/h8-9,12,15H,10-11,13H2,1-7H3,(H,22,24)(H,23,25)/t15-/m1/s1. The van der Waals surface area contributed by atoms with Gasteiger partial charge in [-0.3, -0.25) is 4.79 Å². The smallest absolute Gasteiger partial charge is 0.408 e. The summed E-state index contributed by atoms with van der Waals surface area (Å²) < 4.78 is 15.8. The van der Waals surface area contributed by atoms with Crippen molar-refractivity contribution in [2.75, 3.05) is 32.5 Å². The van der Waals surface area contributed by atoms with Gasteiger partial charge in [-0.15, -0.1) is 0 Å². The van der Waals surface area contributed by atoms with Crippen LogP contribution < -0.4 is 20.1 Å². The second kappa shape index (κ2) is 11.1. The van der Waals surface area contributed by atoms with Gasteiger partial charge >= 0.3 is 6.09 Å². The second-order valence-corrected chi connectivity index (χ2v) is 18.4. The third-order valence-electron chi connectivity index (χ3n) is 3.81. The van der Waals surface area contributed by atoms with Gasteiger partial charge in [0, 0.05) is 6.54 Å². The van der Waals surface area contributed by atoms with Gasteiger partial charge in [0.25, 0.3) is 0 Å². The van der Waals surface area contributed by atoms with Gasteiger partial charge in [-0.1, -0.05) is 6.07 Å². The molecule has 166 valence electrons. The molecule has 2 N–H and O–H groups in total. The monoisotopic (exact) mass is 540 g/mol. The molecule has 1 aromatic rings. The summed E-state index contributed by atoms with van der Waals surface area (Å²) in [6.45, 7) is 5.68. The fraction of sp³-hybridized carbons (Fsp3) is 0.600. The zero-order valence-corrected chi connectivity index (χ0v) is 21.2. The zero-order valence-electron chi connectivity index (χ0n) is 18.3. The molecular formula is C20H33IN2O5S. The topological polar surface area (TPSA) is 85.9 Å². The second-order valence-electron chi connectivity index (χ2n) is 8.00. The number of hydrogen-bond acceptors (Lipinski definition) is 5. The molecule has 2 amide bonds. The molecule has 0 saturated heterocycles. The predicted molar refractivity (Wildman–Crippen MR) is 127 cm³/mol. The van der Waals surface area contributed by atoms with Crippen LogP contribution in [0.1, 0.15) is 32.8 Å². The minimum Gasteiger partial charge on any atom is -0.493 e. The molecule has 0 saturated carbocycles. The van der Waals surface area contributed by atoms with Crippen LogP contribution >= 0.6 is 28.4 Å². The molecule has 1 rings (SSSR count). The van der Waals surface area contributed by atoms with Crippen molar-refractivity contribution in [3.05, 3.63) is 23.8 Å². The Bertz CT molecular complexity index is 701. The number of nitrogens with one attached hydrogen (secondary N) is 2. The van der Waals surface area contributed by atoms with E-state index in [1.165, 1.54) is 0 Å². The minimum absolute atomic E-state index is 0.245. The fourth-order valence-electron chi connectivity index (χ4n) is 2.42. The normalized spacial score (nSPS) is 13.2. The summed E-state index contributed by atoms with van der Waals surface area (Å²) in [6.07, 6.45) is 4.28. The van der Waals surface area contributed by atoms with Gasteiger partial charge in [-0.25, -0.2) is 4.79 Å². The van der Waals surface area contributed by atoms with E-state index in [1.54, 1.807) is 41.1 Å². The maximum absolute atomic E-state index is 12.8. The lowest BCUT2D eigenvalue weighted by atomic mass is 10.1. The van der Waals surface area contributed by atoms with Crippen LogP contribution in [0.15, 0.2) is 18.2 Å². The SMILES string of the molecule is COc1ccc(CNC(=O)[C@@H](CCS(C)(C)I)NC(=O)OC(C)(C)C)cc1OC. The van der Waals surface area contributed by atoms with Crippen molar-refractivity contribution in [2.24, 2.45) is 0 Å². The number of alkyl carbamates (subject to hydrolysis) is 1. The highest BCUT2D eigenvalue weighted by atomic mass is 127. The Morgan fingerprint density at radius 3 is 2.28 bits per heavy atom. The van der Waals surface area contributed by atoms with Gasteiger partial charge in [-0.2, -0.15) is 7.20 Å². The summed E-state index contributed by atoms with van der Waals surface area (Å²) in [4.78, 5) is 25.0.